The third-order valence-corrected chi connectivity index (χ3v) is 4.83. The Morgan fingerprint density at radius 2 is 2.12 bits per heavy atom. The van der Waals surface area contributed by atoms with Crippen LogP contribution in [0, 0.1) is 5.92 Å². The lowest BCUT2D eigenvalue weighted by Crippen LogP contribution is -2.44. The SMILES string of the molecule is CCN1CCC[C@H](CNC(=O)Cn2c(=O)[nH]c3ccccc3c2=O)C1. The minimum Gasteiger partial charge on any atom is -0.354 e. The van der Waals surface area contributed by atoms with Gasteiger partial charge in [0, 0.05) is 13.1 Å². The van der Waals surface area contributed by atoms with Gasteiger partial charge >= 0.3 is 5.69 Å². The predicted octanol–water partition coefficient (Wildman–Crippen LogP) is 0.538. The molecular weight excluding hydrogens is 320 g/mol. The van der Waals surface area contributed by atoms with Crippen LogP contribution in [0.15, 0.2) is 33.9 Å². The van der Waals surface area contributed by atoms with E-state index in [1.807, 2.05) is 0 Å². The van der Waals surface area contributed by atoms with Crippen LogP contribution in [0.1, 0.15) is 19.8 Å². The van der Waals surface area contributed by atoms with E-state index in [9.17, 15) is 14.4 Å². The third kappa shape index (κ3) is 3.99. The fraction of sp³-hybridized carbons (Fsp3) is 0.500. The maximum Gasteiger partial charge on any atom is 0.329 e. The number of hydrogen-bond donors (Lipinski definition) is 2. The summed E-state index contributed by atoms with van der Waals surface area (Å²) < 4.78 is 0.955. The Balaban J connectivity index is 1.66. The first-order chi connectivity index (χ1) is 12.1. The van der Waals surface area contributed by atoms with E-state index >= 15 is 0 Å². The van der Waals surface area contributed by atoms with Crippen LogP contribution in [0.3, 0.4) is 0 Å². The van der Waals surface area contributed by atoms with Crippen LogP contribution in [0.4, 0.5) is 0 Å². The number of benzene rings is 1. The van der Waals surface area contributed by atoms with Crippen molar-refractivity contribution in [3.63, 3.8) is 0 Å². The maximum absolute atomic E-state index is 12.4. The van der Waals surface area contributed by atoms with Gasteiger partial charge in [0.15, 0.2) is 0 Å². The van der Waals surface area contributed by atoms with Gasteiger partial charge in [-0.05, 0) is 44.0 Å². The molecule has 2 N–H and O–H groups in total. The number of rotatable bonds is 5. The van der Waals surface area contributed by atoms with E-state index in [0.29, 0.717) is 23.4 Å². The molecule has 0 unspecified atom stereocenters. The monoisotopic (exact) mass is 344 g/mol. The maximum atomic E-state index is 12.4. The molecule has 1 aromatic carbocycles. The van der Waals surface area contributed by atoms with Crippen molar-refractivity contribution in [3.05, 3.63) is 45.1 Å². The van der Waals surface area contributed by atoms with Gasteiger partial charge in [-0.25, -0.2) is 4.79 Å². The van der Waals surface area contributed by atoms with E-state index in [1.54, 1.807) is 24.3 Å². The quantitative estimate of drug-likeness (QED) is 0.829. The number of carbonyl (C=O) groups is 1. The zero-order valence-corrected chi connectivity index (χ0v) is 14.5. The molecule has 134 valence electrons. The van der Waals surface area contributed by atoms with Crippen molar-refractivity contribution in [2.24, 2.45) is 5.92 Å². The van der Waals surface area contributed by atoms with Crippen molar-refractivity contribution in [3.8, 4) is 0 Å². The highest BCUT2D eigenvalue weighted by Gasteiger charge is 2.19. The predicted molar refractivity (Wildman–Crippen MR) is 96.7 cm³/mol. The zero-order valence-electron chi connectivity index (χ0n) is 14.5. The van der Waals surface area contributed by atoms with E-state index < -0.39 is 11.2 Å². The minimum absolute atomic E-state index is 0.261. The van der Waals surface area contributed by atoms with Crippen molar-refractivity contribution in [1.29, 1.82) is 0 Å². The largest absolute Gasteiger partial charge is 0.354 e. The van der Waals surface area contributed by atoms with Gasteiger partial charge in [0.25, 0.3) is 5.56 Å². The Kier molecular flexibility index (Phi) is 5.33. The average molecular weight is 344 g/mol. The lowest BCUT2D eigenvalue weighted by atomic mass is 9.98. The fourth-order valence-corrected chi connectivity index (χ4v) is 3.41. The van der Waals surface area contributed by atoms with Gasteiger partial charge < -0.3 is 15.2 Å². The van der Waals surface area contributed by atoms with Gasteiger partial charge in [-0.2, -0.15) is 0 Å². The molecule has 0 radical (unpaired) electrons. The second kappa shape index (κ2) is 7.65. The molecule has 1 aliphatic heterocycles. The van der Waals surface area contributed by atoms with Gasteiger partial charge in [0.05, 0.1) is 10.9 Å². The Morgan fingerprint density at radius 1 is 1.32 bits per heavy atom. The van der Waals surface area contributed by atoms with Gasteiger partial charge in [0.1, 0.15) is 6.54 Å². The summed E-state index contributed by atoms with van der Waals surface area (Å²) in [5, 5.41) is 3.27. The second-order valence-corrected chi connectivity index (χ2v) is 6.57. The summed E-state index contributed by atoms with van der Waals surface area (Å²) >= 11 is 0. The summed E-state index contributed by atoms with van der Waals surface area (Å²) in [5.74, 6) is 0.112. The molecule has 2 heterocycles. The Bertz CT molecular complexity index is 870. The highest BCUT2D eigenvalue weighted by Crippen LogP contribution is 2.15. The summed E-state index contributed by atoms with van der Waals surface area (Å²) in [5.41, 5.74) is -0.519. The van der Waals surface area contributed by atoms with E-state index in [-0.39, 0.29) is 12.5 Å². The molecule has 0 aliphatic carbocycles. The Labute approximate surface area is 145 Å². The van der Waals surface area contributed by atoms with Crippen LogP contribution in [0.2, 0.25) is 0 Å². The van der Waals surface area contributed by atoms with Gasteiger partial charge in [-0.15, -0.1) is 0 Å². The first-order valence-corrected chi connectivity index (χ1v) is 8.79. The van der Waals surface area contributed by atoms with Crippen LogP contribution >= 0.6 is 0 Å². The highest BCUT2D eigenvalue weighted by atomic mass is 16.2. The second-order valence-electron chi connectivity index (χ2n) is 6.57. The van der Waals surface area contributed by atoms with Crippen molar-refractivity contribution < 1.29 is 4.79 Å². The van der Waals surface area contributed by atoms with Crippen LogP contribution in [0.5, 0.6) is 0 Å². The molecular formula is C18H24N4O3. The first-order valence-electron chi connectivity index (χ1n) is 8.79. The smallest absolute Gasteiger partial charge is 0.329 e. The lowest BCUT2D eigenvalue weighted by molar-refractivity contribution is -0.122. The van der Waals surface area contributed by atoms with Crippen molar-refractivity contribution >= 4 is 16.8 Å². The number of aromatic nitrogens is 2. The van der Waals surface area contributed by atoms with E-state index in [4.69, 9.17) is 0 Å². The number of amides is 1. The number of carbonyl (C=O) groups excluding carboxylic acids is 1. The number of para-hydroxylation sites is 1. The molecule has 7 heteroatoms. The molecule has 1 aromatic heterocycles. The summed E-state index contributed by atoms with van der Waals surface area (Å²) in [6.07, 6.45) is 2.23. The molecule has 7 nitrogen and oxygen atoms in total. The van der Waals surface area contributed by atoms with Gasteiger partial charge in [-0.1, -0.05) is 19.1 Å². The molecule has 1 atom stereocenters. The standard InChI is InChI=1S/C18H24N4O3/c1-2-21-9-5-6-13(11-21)10-19-16(23)12-22-17(24)14-7-3-4-8-15(14)20-18(22)25/h3-4,7-8,13H,2,5-6,9-12H2,1H3,(H,19,23)(H,20,25)/t13-/m1/s1. The molecule has 0 bridgehead atoms. The number of hydrogen-bond acceptors (Lipinski definition) is 4. The number of likely N-dealkylation sites (tertiary alicyclic amines) is 1. The molecule has 0 spiro atoms. The summed E-state index contributed by atoms with van der Waals surface area (Å²) in [6, 6.07) is 6.79. The molecule has 1 fully saturated rings. The summed E-state index contributed by atoms with van der Waals surface area (Å²) in [4.78, 5) is 41.8. The highest BCUT2D eigenvalue weighted by molar-refractivity contribution is 5.78. The van der Waals surface area contributed by atoms with Crippen molar-refractivity contribution in [1.82, 2.24) is 19.8 Å². The number of H-pyrrole nitrogens is 1. The lowest BCUT2D eigenvalue weighted by Gasteiger charge is -2.31. The number of piperidine rings is 1. The van der Waals surface area contributed by atoms with Crippen LogP contribution in [-0.4, -0.2) is 46.5 Å². The normalized spacial score (nSPS) is 18.4. The van der Waals surface area contributed by atoms with Crippen LogP contribution in [-0.2, 0) is 11.3 Å². The number of nitrogens with zero attached hydrogens (tertiary/aromatic N) is 2. The van der Waals surface area contributed by atoms with Gasteiger partial charge in [0.2, 0.25) is 5.91 Å². The molecule has 25 heavy (non-hydrogen) atoms. The molecule has 2 aromatic rings. The van der Waals surface area contributed by atoms with E-state index in [1.165, 1.54) is 0 Å². The molecule has 1 aliphatic rings. The number of fused-ring (bicyclic) bond motifs is 1. The van der Waals surface area contributed by atoms with Gasteiger partial charge in [-0.3, -0.25) is 14.2 Å². The zero-order chi connectivity index (χ0) is 17.8. The topological polar surface area (TPSA) is 87.2 Å². The molecule has 1 saturated heterocycles. The summed E-state index contributed by atoms with van der Waals surface area (Å²) in [7, 11) is 0. The van der Waals surface area contributed by atoms with Crippen molar-refractivity contribution in [2.75, 3.05) is 26.2 Å². The Morgan fingerprint density at radius 3 is 2.92 bits per heavy atom. The number of aromatic amines is 1. The van der Waals surface area contributed by atoms with Crippen molar-refractivity contribution in [2.45, 2.75) is 26.3 Å². The Hall–Kier alpha value is -2.41. The first kappa shape index (κ1) is 17.4. The van der Waals surface area contributed by atoms with Crippen LogP contribution < -0.4 is 16.6 Å². The number of nitrogens with one attached hydrogen (secondary N) is 2. The third-order valence-electron chi connectivity index (χ3n) is 4.83. The van der Waals surface area contributed by atoms with E-state index in [2.05, 4.69) is 22.1 Å². The molecule has 1 amide bonds. The van der Waals surface area contributed by atoms with E-state index in [0.717, 1.165) is 37.0 Å². The molecule has 3 rings (SSSR count). The molecule has 0 saturated carbocycles. The van der Waals surface area contributed by atoms with Crippen LogP contribution in [0.25, 0.3) is 10.9 Å². The summed E-state index contributed by atoms with van der Waals surface area (Å²) in [6.45, 7) is 5.57. The fourth-order valence-electron chi connectivity index (χ4n) is 3.41. The average Bonchev–Trinajstić information content (AvgIpc) is 2.63. The minimum atomic E-state index is -0.561.